The largest absolute Gasteiger partial charge is 0.411 e. The van der Waals surface area contributed by atoms with Crippen molar-refractivity contribution in [2.24, 2.45) is 0 Å². The Hall–Kier alpha value is 0.0800. The fourth-order valence-electron chi connectivity index (χ4n) is 1.02. The van der Waals surface area contributed by atoms with E-state index < -0.39 is 12.8 Å². The van der Waals surface area contributed by atoms with Gasteiger partial charge in [0.2, 0.25) is 0 Å². The van der Waals surface area contributed by atoms with Crippen LogP contribution in [-0.4, -0.2) is 25.2 Å². The van der Waals surface area contributed by atoms with E-state index in [1.54, 1.807) is 6.07 Å². The second kappa shape index (κ2) is 6.31. The molecule has 0 aliphatic heterocycles. The van der Waals surface area contributed by atoms with Crippen LogP contribution in [0.4, 0.5) is 13.2 Å². The average molecular weight is 396 g/mol. The van der Waals surface area contributed by atoms with Crippen LogP contribution in [0, 0.1) is 0 Å². The quantitative estimate of drug-likeness (QED) is 0.544. The number of Topliss-reactive ketones (excluding diaryl/α,β-unsaturated/α-hetero) is 1. The fraction of sp³-hybridized carbons (Fsp3) is 0.444. The van der Waals surface area contributed by atoms with Gasteiger partial charge < -0.3 is 4.74 Å². The van der Waals surface area contributed by atoms with Gasteiger partial charge in [0, 0.05) is 12.0 Å². The molecule has 8 heteroatoms. The van der Waals surface area contributed by atoms with Gasteiger partial charge in [-0.2, -0.15) is 13.2 Å². The Morgan fingerprint density at radius 2 is 2.06 bits per heavy atom. The van der Waals surface area contributed by atoms with Crippen molar-refractivity contribution in [2.45, 2.75) is 12.6 Å². The molecule has 1 aromatic heterocycles. The Bertz CT molecular complexity index is 403. The van der Waals surface area contributed by atoms with Gasteiger partial charge in [-0.25, -0.2) is 0 Å². The first-order valence-corrected chi connectivity index (χ1v) is 6.82. The summed E-state index contributed by atoms with van der Waals surface area (Å²) in [6.07, 6.45) is -4.42. The predicted octanol–water partition coefficient (Wildman–Crippen LogP) is 4.42. The second-order valence-electron chi connectivity index (χ2n) is 3.08. The number of halogens is 5. The lowest BCUT2D eigenvalue weighted by Crippen LogP contribution is -2.18. The lowest BCUT2D eigenvalue weighted by atomic mass is 10.2. The minimum Gasteiger partial charge on any atom is -0.372 e. The van der Waals surface area contributed by atoms with Gasteiger partial charge in [0.25, 0.3) is 0 Å². The van der Waals surface area contributed by atoms with Gasteiger partial charge >= 0.3 is 6.18 Å². The van der Waals surface area contributed by atoms with Gasteiger partial charge in [0.1, 0.15) is 6.61 Å². The minimum atomic E-state index is -4.35. The molecule has 17 heavy (non-hydrogen) atoms. The monoisotopic (exact) mass is 394 g/mol. The highest BCUT2D eigenvalue weighted by molar-refractivity contribution is 9.12. The minimum absolute atomic E-state index is 0.0716. The summed E-state index contributed by atoms with van der Waals surface area (Å²) in [5, 5.41) is 0. The van der Waals surface area contributed by atoms with Crippen LogP contribution >= 0.6 is 43.2 Å². The molecule has 0 spiro atoms. The zero-order valence-electron chi connectivity index (χ0n) is 8.31. The Labute approximate surface area is 116 Å². The molecule has 2 nitrogen and oxygen atoms in total. The summed E-state index contributed by atoms with van der Waals surface area (Å²) < 4.78 is 41.1. The molecule has 0 atom stereocenters. The topological polar surface area (TPSA) is 26.3 Å². The van der Waals surface area contributed by atoms with Crippen molar-refractivity contribution < 1.29 is 22.7 Å². The smallest absolute Gasteiger partial charge is 0.372 e. The first-order chi connectivity index (χ1) is 7.79. The summed E-state index contributed by atoms with van der Waals surface area (Å²) in [5.74, 6) is -0.249. The number of hydrogen-bond donors (Lipinski definition) is 0. The SMILES string of the molecule is O=C(CCOCC(F)(F)F)c1cc(Br)sc1Br. The lowest BCUT2D eigenvalue weighted by Gasteiger charge is -2.06. The molecule has 0 aliphatic carbocycles. The summed E-state index contributed by atoms with van der Waals surface area (Å²) in [5.41, 5.74) is 0.456. The van der Waals surface area contributed by atoms with Gasteiger partial charge in [-0.1, -0.05) is 0 Å². The third-order valence-electron chi connectivity index (χ3n) is 1.70. The summed E-state index contributed by atoms with van der Waals surface area (Å²) in [7, 11) is 0. The van der Waals surface area contributed by atoms with Crippen LogP contribution in [0.3, 0.4) is 0 Å². The molecule has 0 amide bonds. The molecule has 0 bridgehead atoms. The molecule has 0 aliphatic rings. The standard InChI is InChI=1S/C9H7Br2F3O2S/c10-7-3-5(8(11)17-7)6(15)1-2-16-4-9(12,13)14/h3H,1-2,4H2. The first kappa shape index (κ1) is 15.1. The molecular weight excluding hydrogens is 389 g/mol. The predicted molar refractivity (Wildman–Crippen MR) is 65.5 cm³/mol. The van der Waals surface area contributed by atoms with Crippen LogP contribution < -0.4 is 0 Å². The molecule has 0 fully saturated rings. The third kappa shape index (κ3) is 5.50. The van der Waals surface area contributed by atoms with E-state index in [4.69, 9.17) is 0 Å². The van der Waals surface area contributed by atoms with Crippen LogP contribution in [0.2, 0.25) is 0 Å². The van der Waals surface area contributed by atoms with E-state index in [-0.39, 0.29) is 18.8 Å². The zero-order valence-corrected chi connectivity index (χ0v) is 12.3. The summed E-state index contributed by atoms with van der Waals surface area (Å²) in [6.45, 7) is -1.56. The number of ketones is 1. The highest BCUT2D eigenvalue weighted by Gasteiger charge is 2.27. The summed E-state index contributed by atoms with van der Waals surface area (Å²) in [4.78, 5) is 11.6. The molecule has 1 aromatic rings. The molecule has 0 aromatic carbocycles. The van der Waals surface area contributed by atoms with Crippen molar-refractivity contribution >= 4 is 49.0 Å². The van der Waals surface area contributed by atoms with Crippen molar-refractivity contribution in [3.8, 4) is 0 Å². The Balaban J connectivity index is 2.38. The molecule has 0 unspecified atom stereocenters. The van der Waals surface area contributed by atoms with Crippen molar-refractivity contribution in [3.05, 3.63) is 19.2 Å². The van der Waals surface area contributed by atoms with Crippen LogP contribution in [0.15, 0.2) is 13.6 Å². The van der Waals surface area contributed by atoms with Crippen LogP contribution in [0.25, 0.3) is 0 Å². The van der Waals surface area contributed by atoms with Crippen molar-refractivity contribution in [1.29, 1.82) is 0 Å². The number of carbonyl (C=O) groups excluding carboxylic acids is 1. The second-order valence-corrected chi connectivity index (χ2v) is 6.83. The van der Waals surface area contributed by atoms with Gasteiger partial charge in [0.05, 0.1) is 14.2 Å². The fourth-order valence-corrected chi connectivity index (χ4v) is 3.87. The molecule has 0 saturated heterocycles. The van der Waals surface area contributed by atoms with Gasteiger partial charge in [-0.15, -0.1) is 11.3 Å². The Morgan fingerprint density at radius 3 is 2.53 bits per heavy atom. The Morgan fingerprint density at radius 1 is 1.41 bits per heavy atom. The highest BCUT2D eigenvalue weighted by atomic mass is 79.9. The van der Waals surface area contributed by atoms with E-state index in [0.717, 1.165) is 3.79 Å². The van der Waals surface area contributed by atoms with E-state index >= 15 is 0 Å². The van der Waals surface area contributed by atoms with Gasteiger partial charge in [-0.05, 0) is 37.9 Å². The molecule has 0 saturated carbocycles. The molecule has 1 rings (SSSR count). The third-order valence-corrected chi connectivity index (χ3v) is 4.04. The normalized spacial score (nSPS) is 11.8. The van der Waals surface area contributed by atoms with Gasteiger partial charge in [0.15, 0.2) is 5.78 Å². The number of alkyl halides is 3. The van der Waals surface area contributed by atoms with Crippen molar-refractivity contribution in [1.82, 2.24) is 0 Å². The first-order valence-electron chi connectivity index (χ1n) is 4.42. The van der Waals surface area contributed by atoms with Crippen molar-refractivity contribution in [3.63, 3.8) is 0 Å². The van der Waals surface area contributed by atoms with E-state index in [9.17, 15) is 18.0 Å². The van der Waals surface area contributed by atoms with E-state index in [1.165, 1.54) is 11.3 Å². The molecule has 96 valence electrons. The highest BCUT2D eigenvalue weighted by Crippen LogP contribution is 2.32. The number of carbonyl (C=O) groups is 1. The van der Waals surface area contributed by atoms with Gasteiger partial charge in [-0.3, -0.25) is 4.79 Å². The number of ether oxygens (including phenoxy) is 1. The van der Waals surface area contributed by atoms with E-state index in [2.05, 4.69) is 36.6 Å². The van der Waals surface area contributed by atoms with Crippen LogP contribution in [-0.2, 0) is 4.74 Å². The maximum absolute atomic E-state index is 11.7. The molecule has 0 N–H and O–H groups in total. The molecular formula is C9H7Br2F3O2S. The van der Waals surface area contributed by atoms with Crippen LogP contribution in [0.1, 0.15) is 16.8 Å². The number of thiophene rings is 1. The Kier molecular flexibility index (Phi) is 5.62. The van der Waals surface area contributed by atoms with E-state index in [0.29, 0.717) is 9.35 Å². The van der Waals surface area contributed by atoms with Crippen LogP contribution in [0.5, 0.6) is 0 Å². The number of rotatable bonds is 5. The zero-order chi connectivity index (χ0) is 13.1. The van der Waals surface area contributed by atoms with E-state index in [1.807, 2.05) is 0 Å². The summed E-state index contributed by atoms with van der Waals surface area (Å²) >= 11 is 7.75. The maximum Gasteiger partial charge on any atom is 0.411 e. The number of hydrogen-bond acceptors (Lipinski definition) is 3. The maximum atomic E-state index is 11.7. The summed E-state index contributed by atoms with van der Waals surface area (Å²) in [6, 6.07) is 1.63. The average Bonchev–Trinajstić information content (AvgIpc) is 2.51. The molecule has 1 heterocycles. The molecule has 0 radical (unpaired) electrons. The van der Waals surface area contributed by atoms with Crippen molar-refractivity contribution in [2.75, 3.05) is 13.2 Å². The lowest BCUT2D eigenvalue weighted by molar-refractivity contribution is -0.173.